The van der Waals surface area contributed by atoms with E-state index in [1.165, 1.54) is 24.4 Å². The predicted octanol–water partition coefficient (Wildman–Crippen LogP) is 6.69. The number of nitrogens with zero attached hydrogens (tertiary/aromatic N) is 1. The zero-order valence-corrected chi connectivity index (χ0v) is 15.5. The lowest BCUT2D eigenvalue weighted by atomic mass is 10.0. The molecule has 3 rings (SSSR count). The molecule has 0 fully saturated rings. The summed E-state index contributed by atoms with van der Waals surface area (Å²) in [5, 5.41) is 2.24. The number of carbonyl (C=O) groups excluding carboxylic acids is 1. The third kappa shape index (κ3) is 4.73. The molecule has 30 heavy (non-hydrogen) atoms. The molecule has 3 nitrogen and oxygen atoms in total. The van der Waals surface area contributed by atoms with E-state index in [4.69, 9.17) is 11.6 Å². The molecule has 0 radical (unpaired) electrons. The zero-order chi connectivity index (χ0) is 22.1. The number of carbonyl (C=O) groups is 1. The van der Waals surface area contributed by atoms with Gasteiger partial charge < -0.3 is 5.32 Å². The average molecular weight is 445 g/mol. The molecule has 1 heterocycles. The Kier molecular flexibility index (Phi) is 5.76. The predicted molar refractivity (Wildman–Crippen MR) is 99.1 cm³/mol. The topological polar surface area (TPSA) is 42.0 Å². The quantitative estimate of drug-likeness (QED) is 0.457. The van der Waals surface area contributed by atoms with Crippen molar-refractivity contribution in [3.63, 3.8) is 0 Å². The lowest BCUT2D eigenvalue weighted by Gasteiger charge is -2.13. The largest absolute Gasteiger partial charge is 0.418 e. The van der Waals surface area contributed by atoms with Gasteiger partial charge in [-0.05, 0) is 48.5 Å². The van der Waals surface area contributed by atoms with Crippen molar-refractivity contribution in [2.75, 3.05) is 5.32 Å². The number of halogens is 7. The number of amides is 1. The minimum Gasteiger partial charge on any atom is -0.322 e. The van der Waals surface area contributed by atoms with Gasteiger partial charge in [0.15, 0.2) is 0 Å². The lowest BCUT2D eigenvalue weighted by molar-refractivity contribution is -0.138. The first-order valence-electron chi connectivity index (χ1n) is 8.27. The van der Waals surface area contributed by atoms with Gasteiger partial charge in [0.25, 0.3) is 5.91 Å². The number of nitrogens with one attached hydrogen (secondary N) is 1. The molecule has 156 valence electrons. The molecule has 3 aromatic rings. The molecule has 0 aliphatic rings. The van der Waals surface area contributed by atoms with Gasteiger partial charge in [-0.15, -0.1) is 0 Å². The van der Waals surface area contributed by atoms with Crippen LogP contribution in [0.2, 0.25) is 5.02 Å². The first-order valence-corrected chi connectivity index (χ1v) is 8.65. The maximum Gasteiger partial charge on any atom is 0.418 e. The zero-order valence-electron chi connectivity index (χ0n) is 14.8. The van der Waals surface area contributed by atoms with Crippen molar-refractivity contribution in [1.29, 1.82) is 0 Å². The molecule has 0 spiro atoms. The Labute approximate surface area is 171 Å². The van der Waals surface area contributed by atoms with Crippen molar-refractivity contribution in [1.82, 2.24) is 4.98 Å². The molecular formula is C20H11ClF6N2O. The van der Waals surface area contributed by atoms with Crippen LogP contribution in [0.3, 0.4) is 0 Å². The van der Waals surface area contributed by atoms with E-state index >= 15 is 0 Å². The minimum absolute atomic E-state index is 0.0546. The van der Waals surface area contributed by atoms with Gasteiger partial charge in [-0.1, -0.05) is 17.7 Å². The summed E-state index contributed by atoms with van der Waals surface area (Å²) in [5.74, 6) is -0.733. The van der Waals surface area contributed by atoms with Crippen LogP contribution < -0.4 is 5.32 Å². The average Bonchev–Trinajstić information content (AvgIpc) is 2.67. The number of aromatic nitrogens is 1. The number of rotatable bonds is 3. The maximum atomic E-state index is 13.2. The van der Waals surface area contributed by atoms with Crippen molar-refractivity contribution < 1.29 is 31.1 Å². The smallest absolute Gasteiger partial charge is 0.322 e. The number of alkyl halides is 6. The van der Waals surface area contributed by atoms with Crippen LogP contribution in [-0.4, -0.2) is 10.9 Å². The molecule has 0 aliphatic carbocycles. The fraction of sp³-hybridized carbons (Fsp3) is 0.100. The molecule has 0 saturated heterocycles. The van der Waals surface area contributed by atoms with E-state index in [-0.39, 0.29) is 27.5 Å². The molecule has 0 aliphatic heterocycles. The second kappa shape index (κ2) is 7.98. The normalized spacial score (nSPS) is 12.0. The fourth-order valence-corrected chi connectivity index (χ4v) is 2.92. The van der Waals surface area contributed by atoms with Crippen molar-refractivity contribution in [2.24, 2.45) is 0 Å². The molecule has 1 N–H and O–H groups in total. The van der Waals surface area contributed by atoms with Crippen molar-refractivity contribution in [2.45, 2.75) is 12.4 Å². The Morgan fingerprint density at radius 2 is 1.57 bits per heavy atom. The number of hydrogen-bond acceptors (Lipinski definition) is 2. The summed E-state index contributed by atoms with van der Waals surface area (Å²) in [6.07, 6.45) is -7.94. The van der Waals surface area contributed by atoms with Gasteiger partial charge in [-0.3, -0.25) is 9.78 Å². The van der Waals surface area contributed by atoms with Crippen LogP contribution in [0.5, 0.6) is 0 Å². The van der Waals surface area contributed by atoms with Gasteiger partial charge in [-0.25, -0.2) is 0 Å². The number of pyridine rings is 1. The van der Waals surface area contributed by atoms with Crippen LogP contribution in [0, 0.1) is 0 Å². The van der Waals surface area contributed by atoms with Crippen LogP contribution in [0.1, 0.15) is 21.5 Å². The summed E-state index contributed by atoms with van der Waals surface area (Å²) in [6, 6.07) is 9.43. The molecular weight excluding hydrogens is 434 g/mol. The SMILES string of the molecule is O=C(Nc1ccc(C(F)(F)F)cc1)c1ccc(-c2ncccc2C(F)(F)F)cc1Cl. The summed E-state index contributed by atoms with van der Waals surface area (Å²) < 4.78 is 77.3. The van der Waals surface area contributed by atoms with Crippen molar-refractivity contribution >= 4 is 23.2 Å². The lowest BCUT2D eigenvalue weighted by Crippen LogP contribution is -2.13. The summed E-state index contributed by atoms with van der Waals surface area (Å²) >= 11 is 6.07. The number of anilines is 1. The van der Waals surface area contributed by atoms with Gasteiger partial charge in [-0.2, -0.15) is 26.3 Å². The molecule has 0 bridgehead atoms. The van der Waals surface area contributed by atoms with Gasteiger partial charge >= 0.3 is 12.4 Å². The molecule has 1 aromatic heterocycles. The Morgan fingerprint density at radius 3 is 2.13 bits per heavy atom. The first kappa shape index (κ1) is 21.6. The monoisotopic (exact) mass is 444 g/mol. The van der Waals surface area contributed by atoms with Crippen LogP contribution in [0.25, 0.3) is 11.3 Å². The summed E-state index contributed by atoms with van der Waals surface area (Å²) in [4.78, 5) is 16.1. The second-order valence-corrected chi connectivity index (χ2v) is 6.53. The first-order chi connectivity index (χ1) is 14.0. The van der Waals surface area contributed by atoms with E-state index in [2.05, 4.69) is 10.3 Å². The van der Waals surface area contributed by atoms with E-state index in [0.717, 1.165) is 36.4 Å². The van der Waals surface area contributed by atoms with Gasteiger partial charge in [0.1, 0.15) is 0 Å². The molecule has 2 aromatic carbocycles. The highest BCUT2D eigenvalue weighted by molar-refractivity contribution is 6.34. The summed E-state index contributed by atoms with van der Waals surface area (Å²) in [7, 11) is 0. The summed E-state index contributed by atoms with van der Waals surface area (Å²) in [5.41, 5.74) is -2.09. The van der Waals surface area contributed by atoms with Crippen LogP contribution in [0.4, 0.5) is 32.0 Å². The number of benzene rings is 2. The van der Waals surface area contributed by atoms with Crippen LogP contribution in [0.15, 0.2) is 60.8 Å². The Hall–Kier alpha value is -3.07. The standard InChI is InChI=1S/C20H11ClF6N2O/c21-16-10-11(17-15(20(25,26)27)2-1-9-28-17)3-8-14(16)18(30)29-13-6-4-12(5-7-13)19(22,23)24/h1-10H,(H,29,30). The third-order valence-electron chi connectivity index (χ3n) is 4.07. The highest BCUT2D eigenvalue weighted by Gasteiger charge is 2.34. The van der Waals surface area contributed by atoms with E-state index in [0.29, 0.717) is 0 Å². The Balaban J connectivity index is 1.85. The third-order valence-corrected chi connectivity index (χ3v) is 4.38. The molecule has 0 unspecified atom stereocenters. The van der Waals surface area contributed by atoms with E-state index in [1.54, 1.807) is 0 Å². The van der Waals surface area contributed by atoms with Crippen molar-refractivity contribution in [3.05, 3.63) is 82.5 Å². The highest BCUT2D eigenvalue weighted by Crippen LogP contribution is 2.37. The van der Waals surface area contributed by atoms with E-state index in [1.807, 2.05) is 0 Å². The fourth-order valence-electron chi connectivity index (χ4n) is 2.65. The van der Waals surface area contributed by atoms with Gasteiger partial charge in [0, 0.05) is 17.4 Å². The van der Waals surface area contributed by atoms with E-state index < -0.39 is 29.4 Å². The Bertz CT molecular complexity index is 1080. The molecule has 10 heteroatoms. The summed E-state index contributed by atoms with van der Waals surface area (Å²) in [6.45, 7) is 0. The number of hydrogen-bond donors (Lipinski definition) is 1. The Morgan fingerprint density at radius 1 is 0.900 bits per heavy atom. The minimum atomic E-state index is -4.63. The van der Waals surface area contributed by atoms with E-state index in [9.17, 15) is 31.1 Å². The maximum absolute atomic E-state index is 13.2. The molecule has 0 saturated carbocycles. The van der Waals surface area contributed by atoms with Crippen LogP contribution >= 0.6 is 11.6 Å². The van der Waals surface area contributed by atoms with Gasteiger partial charge in [0.2, 0.25) is 0 Å². The van der Waals surface area contributed by atoms with Gasteiger partial charge in [0.05, 0.1) is 27.4 Å². The highest BCUT2D eigenvalue weighted by atomic mass is 35.5. The van der Waals surface area contributed by atoms with Crippen LogP contribution in [-0.2, 0) is 12.4 Å². The molecule has 0 atom stereocenters. The second-order valence-electron chi connectivity index (χ2n) is 6.12. The molecule has 1 amide bonds. The van der Waals surface area contributed by atoms with Crippen molar-refractivity contribution in [3.8, 4) is 11.3 Å².